The molecule has 1 aliphatic rings. The van der Waals surface area contributed by atoms with Gasteiger partial charge in [0, 0.05) is 26.3 Å². The quantitative estimate of drug-likeness (QED) is 0.162. The first kappa shape index (κ1) is 38.7. The van der Waals surface area contributed by atoms with Crippen LogP contribution in [0.25, 0.3) is 0 Å². The summed E-state index contributed by atoms with van der Waals surface area (Å²) in [7, 11) is 0. The average molecular weight is 681 g/mol. The lowest BCUT2D eigenvalue weighted by atomic mass is 10.00. The Kier molecular flexibility index (Phi) is 13.9. The van der Waals surface area contributed by atoms with E-state index in [1.807, 2.05) is 30.3 Å². The highest BCUT2D eigenvalue weighted by atomic mass is 16.6. The number of ether oxygens (including phenoxy) is 2. The molecule has 4 N–H and O–H groups in total. The maximum absolute atomic E-state index is 14.2. The van der Waals surface area contributed by atoms with Crippen LogP contribution in [0, 0.1) is 5.92 Å². The summed E-state index contributed by atoms with van der Waals surface area (Å²) in [5.74, 6) is -3.30. The van der Waals surface area contributed by atoms with E-state index in [1.165, 1.54) is 24.0 Å². The van der Waals surface area contributed by atoms with Gasteiger partial charge in [-0.3, -0.25) is 24.0 Å². The van der Waals surface area contributed by atoms with E-state index < -0.39 is 77.8 Å². The lowest BCUT2D eigenvalue weighted by Crippen LogP contribution is -2.59. The summed E-state index contributed by atoms with van der Waals surface area (Å²) in [6.07, 6.45) is -0.293. The summed E-state index contributed by atoms with van der Waals surface area (Å²) in [6, 6.07) is 11.2. The van der Waals surface area contributed by atoms with Gasteiger partial charge < -0.3 is 40.2 Å². The number of nitrogens with zero attached hydrogens (tertiary/aromatic N) is 1. The SMILES string of the molecule is CC(=O)NC(Cc1ccc(O)cc1)C(=O)NC(C(=O)N1CC(OCc2ccccc2)C[C@H]1C(=O)NC(C=O)CC(=O)OC(C)(C)C)C(C)C. The molecule has 0 aliphatic carbocycles. The Hall–Kier alpha value is -4.78. The van der Waals surface area contributed by atoms with E-state index in [4.69, 9.17) is 9.47 Å². The number of likely N-dealkylation sites (tertiary alicyclic amines) is 1. The number of nitrogens with one attached hydrogen (secondary N) is 3. The van der Waals surface area contributed by atoms with Crippen LogP contribution in [0.4, 0.5) is 0 Å². The van der Waals surface area contributed by atoms with Gasteiger partial charge in [-0.25, -0.2) is 0 Å². The standard InChI is InChI=1S/C36H48N4O9/c1-22(2)32(39-33(45)29(37-23(3)42)16-24-12-14-27(43)15-13-24)35(47)40-19-28(48-21-25-10-8-7-9-11-25)18-30(40)34(46)38-26(20-41)17-31(44)49-36(4,5)6/h7-15,20,22,26,28-30,32,43H,16-19,21H2,1-6H3,(H,37,42)(H,38,46)(H,39,45)/t26?,28?,29?,30-,32?/m0/s1. The first-order valence-electron chi connectivity index (χ1n) is 16.3. The first-order valence-corrected chi connectivity index (χ1v) is 16.3. The fourth-order valence-corrected chi connectivity index (χ4v) is 5.44. The fraction of sp³-hybridized carbons (Fsp3) is 0.500. The molecule has 2 aromatic carbocycles. The van der Waals surface area contributed by atoms with E-state index in [0.29, 0.717) is 11.8 Å². The number of aldehydes is 1. The molecule has 3 rings (SSSR count). The third-order valence-corrected chi connectivity index (χ3v) is 7.78. The Labute approximate surface area is 287 Å². The van der Waals surface area contributed by atoms with Crippen LogP contribution >= 0.6 is 0 Å². The molecule has 0 bridgehead atoms. The largest absolute Gasteiger partial charge is 0.508 e. The summed E-state index contributed by atoms with van der Waals surface area (Å²) < 4.78 is 11.4. The van der Waals surface area contributed by atoms with E-state index in [-0.39, 0.29) is 31.7 Å². The third-order valence-electron chi connectivity index (χ3n) is 7.78. The molecular formula is C36H48N4O9. The van der Waals surface area contributed by atoms with Crippen LogP contribution in [0.15, 0.2) is 54.6 Å². The Morgan fingerprint density at radius 1 is 0.959 bits per heavy atom. The molecule has 13 nitrogen and oxygen atoms in total. The summed E-state index contributed by atoms with van der Waals surface area (Å²) in [4.78, 5) is 79.1. The summed E-state index contributed by atoms with van der Waals surface area (Å²) in [5, 5.41) is 17.6. The Bertz CT molecular complexity index is 1460. The molecule has 0 saturated carbocycles. The van der Waals surface area contributed by atoms with Crippen molar-refractivity contribution < 1.29 is 43.3 Å². The molecule has 49 heavy (non-hydrogen) atoms. The third kappa shape index (κ3) is 12.3. The molecule has 0 radical (unpaired) electrons. The van der Waals surface area contributed by atoms with Crippen molar-refractivity contribution in [2.75, 3.05) is 6.54 Å². The predicted octanol–water partition coefficient (Wildman–Crippen LogP) is 2.18. The molecule has 4 unspecified atom stereocenters. The smallest absolute Gasteiger partial charge is 0.308 e. The molecule has 1 saturated heterocycles. The summed E-state index contributed by atoms with van der Waals surface area (Å²) in [5.41, 5.74) is 0.785. The molecular weight excluding hydrogens is 632 g/mol. The van der Waals surface area contributed by atoms with Gasteiger partial charge in [0.1, 0.15) is 35.8 Å². The lowest BCUT2D eigenvalue weighted by Gasteiger charge is -2.31. The predicted molar refractivity (Wildman–Crippen MR) is 180 cm³/mol. The molecule has 1 aliphatic heterocycles. The van der Waals surface area contributed by atoms with Crippen molar-refractivity contribution in [1.29, 1.82) is 0 Å². The number of rotatable bonds is 15. The van der Waals surface area contributed by atoms with Crippen LogP contribution in [0.1, 0.15) is 65.5 Å². The second-order valence-corrected chi connectivity index (χ2v) is 13.6. The molecule has 1 heterocycles. The number of esters is 1. The summed E-state index contributed by atoms with van der Waals surface area (Å²) >= 11 is 0. The molecule has 0 aromatic heterocycles. The van der Waals surface area contributed by atoms with Gasteiger partial charge in [-0.15, -0.1) is 0 Å². The highest BCUT2D eigenvalue weighted by molar-refractivity contribution is 5.95. The van der Waals surface area contributed by atoms with Crippen LogP contribution < -0.4 is 16.0 Å². The van der Waals surface area contributed by atoms with Crippen LogP contribution in [-0.2, 0) is 51.3 Å². The lowest BCUT2D eigenvalue weighted by molar-refractivity contribution is -0.156. The minimum Gasteiger partial charge on any atom is -0.508 e. The normalized spacial score (nSPS) is 17.8. The van der Waals surface area contributed by atoms with Gasteiger partial charge in [0.25, 0.3) is 0 Å². The molecule has 4 amide bonds. The van der Waals surface area contributed by atoms with Crippen molar-refractivity contribution in [2.24, 2.45) is 5.92 Å². The van der Waals surface area contributed by atoms with E-state index in [0.717, 1.165) is 5.56 Å². The zero-order valence-electron chi connectivity index (χ0n) is 28.9. The van der Waals surface area contributed by atoms with Crippen LogP contribution in [0.5, 0.6) is 5.75 Å². The maximum atomic E-state index is 14.2. The first-order chi connectivity index (χ1) is 23.1. The van der Waals surface area contributed by atoms with Gasteiger partial charge in [0.05, 0.1) is 25.2 Å². The molecule has 5 atom stereocenters. The monoisotopic (exact) mass is 680 g/mol. The van der Waals surface area contributed by atoms with Crippen molar-refractivity contribution in [2.45, 2.75) is 103 Å². The van der Waals surface area contributed by atoms with Gasteiger partial charge in [0.15, 0.2) is 0 Å². The zero-order chi connectivity index (χ0) is 36.3. The number of phenols is 1. The fourth-order valence-electron chi connectivity index (χ4n) is 5.44. The number of hydrogen-bond acceptors (Lipinski definition) is 9. The van der Waals surface area contributed by atoms with Gasteiger partial charge in [0.2, 0.25) is 23.6 Å². The molecule has 1 fully saturated rings. The number of benzene rings is 2. The average Bonchev–Trinajstić information content (AvgIpc) is 3.46. The number of phenolic OH excluding ortho intramolecular Hbond substituents is 1. The Balaban J connectivity index is 1.82. The summed E-state index contributed by atoms with van der Waals surface area (Å²) in [6.45, 7) is 10.1. The maximum Gasteiger partial charge on any atom is 0.308 e. The number of hydrogen-bond donors (Lipinski definition) is 4. The Morgan fingerprint density at radius 2 is 1.61 bits per heavy atom. The van der Waals surface area contributed by atoms with Gasteiger partial charge >= 0.3 is 5.97 Å². The molecule has 0 spiro atoms. The van der Waals surface area contributed by atoms with E-state index in [1.54, 1.807) is 46.8 Å². The number of carbonyl (C=O) groups excluding carboxylic acids is 6. The topological polar surface area (TPSA) is 180 Å². The van der Waals surface area contributed by atoms with Gasteiger partial charge in [-0.1, -0.05) is 56.3 Å². The van der Waals surface area contributed by atoms with Crippen LogP contribution in [0.3, 0.4) is 0 Å². The van der Waals surface area contributed by atoms with Crippen molar-refractivity contribution in [3.05, 3.63) is 65.7 Å². The second kappa shape index (κ2) is 17.6. The van der Waals surface area contributed by atoms with Crippen molar-refractivity contribution in [3.8, 4) is 5.75 Å². The minimum atomic E-state index is -1.19. The highest BCUT2D eigenvalue weighted by Gasteiger charge is 2.44. The zero-order valence-corrected chi connectivity index (χ0v) is 28.9. The Morgan fingerprint density at radius 3 is 2.18 bits per heavy atom. The van der Waals surface area contributed by atoms with Gasteiger partial charge in [-0.05, 0) is 49.9 Å². The van der Waals surface area contributed by atoms with E-state index >= 15 is 0 Å². The van der Waals surface area contributed by atoms with Crippen molar-refractivity contribution in [1.82, 2.24) is 20.9 Å². The van der Waals surface area contributed by atoms with Crippen LogP contribution in [0.2, 0.25) is 0 Å². The number of carbonyl (C=O) groups is 6. The number of amides is 4. The van der Waals surface area contributed by atoms with Gasteiger partial charge in [-0.2, -0.15) is 0 Å². The molecule has 13 heteroatoms. The number of aromatic hydroxyl groups is 1. The second-order valence-electron chi connectivity index (χ2n) is 13.6. The van der Waals surface area contributed by atoms with E-state index in [9.17, 15) is 33.9 Å². The minimum absolute atomic E-state index is 0.0311. The van der Waals surface area contributed by atoms with Crippen LogP contribution in [-0.4, -0.2) is 88.3 Å². The van der Waals surface area contributed by atoms with Crippen molar-refractivity contribution >= 4 is 35.9 Å². The molecule has 266 valence electrons. The highest BCUT2D eigenvalue weighted by Crippen LogP contribution is 2.25. The molecule has 2 aromatic rings. The van der Waals surface area contributed by atoms with E-state index in [2.05, 4.69) is 16.0 Å². The van der Waals surface area contributed by atoms with Crippen molar-refractivity contribution in [3.63, 3.8) is 0 Å².